The number of hydrogen-bond acceptors (Lipinski definition) is 5. The Kier molecular flexibility index (Phi) is 11.4. The molecule has 0 N–H and O–H groups in total. The summed E-state index contributed by atoms with van der Waals surface area (Å²) in [5, 5.41) is 0. The fourth-order valence-corrected chi connectivity index (χ4v) is 8.73. The van der Waals surface area contributed by atoms with Gasteiger partial charge in [0.1, 0.15) is 0 Å². The molecule has 0 amide bonds. The topological polar surface area (TPSA) is 59.3 Å². The SMILES string of the molecule is CC(C)c1cccc(C(C)C)c1N1[CH-]N(c2c(C(C)C)cccc2C(C)C)c2ccccc21.CC1(C)c2ccccc2-c2cc3nc(-c4cnccn4)[n-]c3cc21.[Cu+2]. The molecule has 5 aromatic carbocycles. The zero-order valence-corrected chi connectivity index (χ0v) is 36.3. The number of benzene rings is 5. The van der Waals surface area contributed by atoms with Crippen LogP contribution in [-0.2, 0) is 22.5 Å². The minimum Gasteiger partial charge on any atom is -0.473 e. The number of hydrogen-bond donors (Lipinski definition) is 0. The normalized spacial score (nSPS) is 13.8. The Bertz CT molecular complexity index is 2430. The molecule has 9 rings (SSSR count). The van der Waals surface area contributed by atoms with Gasteiger partial charge in [0, 0.05) is 40.6 Å². The van der Waals surface area contributed by atoms with E-state index in [2.05, 4.69) is 203 Å². The summed E-state index contributed by atoms with van der Waals surface area (Å²) in [7, 11) is 0. The fourth-order valence-electron chi connectivity index (χ4n) is 8.73. The summed E-state index contributed by atoms with van der Waals surface area (Å²) in [5.41, 5.74) is 18.5. The number of aromatic nitrogens is 4. The smallest absolute Gasteiger partial charge is 0.473 e. The van der Waals surface area contributed by atoms with E-state index in [0.717, 1.165) is 11.0 Å². The number of imidazole rings is 1. The molecule has 0 saturated carbocycles. The van der Waals surface area contributed by atoms with E-state index in [1.54, 1.807) is 18.6 Å². The molecule has 1 radical (unpaired) electrons. The van der Waals surface area contributed by atoms with Crippen LogP contribution in [0.3, 0.4) is 0 Å². The van der Waals surface area contributed by atoms with Crippen LogP contribution in [-0.4, -0.2) is 15.0 Å². The number of para-hydroxylation sites is 4. The minimum absolute atomic E-state index is 0. The molecule has 0 spiro atoms. The van der Waals surface area contributed by atoms with Crippen LogP contribution in [0.1, 0.15) is 126 Å². The van der Waals surface area contributed by atoms with Gasteiger partial charge in [-0.05, 0) is 97.2 Å². The summed E-state index contributed by atoms with van der Waals surface area (Å²) in [6.07, 6.45) is 5.01. The monoisotopic (exact) mass is 813 g/mol. The van der Waals surface area contributed by atoms with E-state index in [9.17, 15) is 0 Å². The van der Waals surface area contributed by atoms with E-state index >= 15 is 0 Å². The Labute approximate surface area is 355 Å². The molecule has 0 atom stereocenters. The summed E-state index contributed by atoms with van der Waals surface area (Å²) < 4.78 is 0. The zero-order chi connectivity index (χ0) is 40.2. The van der Waals surface area contributed by atoms with Crippen molar-refractivity contribution in [2.45, 2.75) is 98.3 Å². The second-order valence-electron chi connectivity index (χ2n) is 17.2. The first-order chi connectivity index (χ1) is 27.4. The first-order valence-corrected chi connectivity index (χ1v) is 20.5. The molecule has 7 aromatic rings. The molecule has 0 unspecified atom stereocenters. The van der Waals surface area contributed by atoms with Gasteiger partial charge in [-0.3, -0.25) is 9.97 Å². The van der Waals surface area contributed by atoms with Crippen molar-refractivity contribution in [2.24, 2.45) is 0 Å². The van der Waals surface area contributed by atoms with Crippen LogP contribution in [0.5, 0.6) is 0 Å². The number of fused-ring (bicyclic) bond motifs is 5. The van der Waals surface area contributed by atoms with Gasteiger partial charge in [0.25, 0.3) is 0 Å². The van der Waals surface area contributed by atoms with E-state index in [4.69, 9.17) is 0 Å². The molecule has 1 aliphatic heterocycles. The van der Waals surface area contributed by atoms with Gasteiger partial charge in [0.05, 0.1) is 11.9 Å². The molecular formula is C51H54CuN6. The van der Waals surface area contributed by atoms with Crippen molar-refractivity contribution >= 4 is 33.8 Å². The van der Waals surface area contributed by atoms with Crippen LogP contribution in [0.15, 0.2) is 116 Å². The summed E-state index contributed by atoms with van der Waals surface area (Å²) in [6.45, 7) is 25.3. The van der Waals surface area contributed by atoms with Crippen molar-refractivity contribution in [1.29, 1.82) is 0 Å². The maximum atomic E-state index is 4.68. The van der Waals surface area contributed by atoms with Crippen molar-refractivity contribution in [1.82, 2.24) is 19.9 Å². The standard InChI is InChI=1S/C31H39N2.C20H15N4.Cu/c1-20(2)24-13-11-14-25(21(3)4)30(24)32-19-33(29-18-10-9-17-28(29)32)31-26(22(5)6)15-12-16-27(31)23(7)8;1-20(2)14-6-4-3-5-12(14)13-9-16-17(10-15(13)20)24-19(23-16)18-11-21-7-8-22-18;/h9-23H,1-8H3;3-11H,1-2H3;/q2*-1;+2. The van der Waals surface area contributed by atoms with Crippen LogP contribution >= 0.6 is 0 Å². The molecule has 0 fully saturated rings. The predicted octanol–water partition coefficient (Wildman–Crippen LogP) is 13.5. The van der Waals surface area contributed by atoms with E-state index in [1.165, 1.54) is 67.3 Å². The minimum atomic E-state index is -0.0220. The maximum Gasteiger partial charge on any atom is 2.00 e. The molecule has 3 heterocycles. The molecule has 0 saturated heterocycles. The van der Waals surface area contributed by atoms with Gasteiger partial charge in [0.15, 0.2) is 0 Å². The molecule has 0 bridgehead atoms. The summed E-state index contributed by atoms with van der Waals surface area (Å²) >= 11 is 0. The molecule has 2 aromatic heterocycles. The maximum absolute atomic E-state index is 4.68. The third-order valence-electron chi connectivity index (χ3n) is 11.7. The molecule has 2 aliphatic rings. The van der Waals surface area contributed by atoms with Crippen LogP contribution in [0, 0.1) is 6.67 Å². The molecule has 7 heteroatoms. The van der Waals surface area contributed by atoms with Gasteiger partial charge in [-0.2, -0.15) is 0 Å². The van der Waals surface area contributed by atoms with Crippen LogP contribution in [0.4, 0.5) is 22.7 Å². The average Bonchev–Trinajstić information content (AvgIpc) is 3.87. The third-order valence-corrected chi connectivity index (χ3v) is 11.7. The fraction of sp³-hybridized carbons (Fsp3) is 0.294. The van der Waals surface area contributed by atoms with Crippen molar-refractivity contribution in [3.63, 3.8) is 0 Å². The quantitative estimate of drug-likeness (QED) is 0.118. The van der Waals surface area contributed by atoms with Crippen molar-refractivity contribution in [3.8, 4) is 22.6 Å². The average molecular weight is 815 g/mol. The zero-order valence-electron chi connectivity index (χ0n) is 35.3. The Morgan fingerprint density at radius 3 is 1.60 bits per heavy atom. The Hall–Kier alpha value is -5.23. The van der Waals surface area contributed by atoms with Crippen LogP contribution in [0.25, 0.3) is 33.7 Å². The largest absolute Gasteiger partial charge is 2.00 e. The molecular weight excluding hydrogens is 760 g/mol. The first-order valence-electron chi connectivity index (χ1n) is 20.5. The van der Waals surface area contributed by atoms with Crippen LogP contribution in [0.2, 0.25) is 0 Å². The van der Waals surface area contributed by atoms with E-state index in [0.29, 0.717) is 35.2 Å². The van der Waals surface area contributed by atoms with Crippen molar-refractivity contribution in [2.75, 3.05) is 9.80 Å². The predicted molar refractivity (Wildman–Crippen MR) is 238 cm³/mol. The molecule has 1 aliphatic carbocycles. The summed E-state index contributed by atoms with van der Waals surface area (Å²) in [4.78, 5) is 22.6. The van der Waals surface area contributed by atoms with Crippen molar-refractivity contribution in [3.05, 3.63) is 156 Å². The summed E-state index contributed by atoms with van der Waals surface area (Å²) in [6, 6.07) is 35.4. The summed E-state index contributed by atoms with van der Waals surface area (Å²) in [5.74, 6) is 2.42. The van der Waals surface area contributed by atoms with E-state index in [1.807, 2.05) is 0 Å². The van der Waals surface area contributed by atoms with Crippen LogP contribution < -0.4 is 14.8 Å². The van der Waals surface area contributed by atoms with E-state index < -0.39 is 0 Å². The Balaban J connectivity index is 0.000000181. The van der Waals surface area contributed by atoms with Gasteiger partial charge >= 0.3 is 17.1 Å². The molecule has 299 valence electrons. The van der Waals surface area contributed by atoms with E-state index in [-0.39, 0.29) is 22.5 Å². The first kappa shape index (κ1) is 40.9. The van der Waals surface area contributed by atoms with Gasteiger partial charge in [0.2, 0.25) is 0 Å². The van der Waals surface area contributed by atoms with Gasteiger partial charge in [-0.25, -0.2) is 0 Å². The van der Waals surface area contributed by atoms with Gasteiger partial charge < -0.3 is 19.8 Å². The number of anilines is 4. The number of nitrogens with zero attached hydrogens (tertiary/aromatic N) is 6. The molecule has 58 heavy (non-hydrogen) atoms. The Morgan fingerprint density at radius 1 is 0.586 bits per heavy atom. The molecule has 6 nitrogen and oxygen atoms in total. The number of rotatable bonds is 7. The second-order valence-corrected chi connectivity index (χ2v) is 17.2. The third kappa shape index (κ3) is 7.13. The van der Waals surface area contributed by atoms with Gasteiger partial charge in [-0.15, -0.1) is 6.67 Å². The second kappa shape index (κ2) is 16.2. The Morgan fingerprint density at radius 2 is 1.10 bits per heavy atom. The van der Waals surface area contributed by atoms with Gasteiger partial charge in [-0.1, -0.05) is 154 Å². The van der Waals surface area contributed by atoms with Crippen molar-refractivity contribution < 1.29 is 17.1 Å².